The van der Waals surface area contributed by atoms with Crippen molar-refractivity contribution in [1.29, 1.82) is 0 Å². The summed E-state index contributed by atoms with van der Waals surface area (Å²) in [5, 5.41) is 9.57. The number of halogens is 1. The van der Waals surface area contributed by atoms with Gasteiger partial charge in [-0.15, -0.1) is 0 Å². The third-order valence-corrected chi connectivity index (χ3v) is 4.91. The zero-order chi connectivity index (χ0) is 15.5. The fraction of sp³-hybridized carbons (Fsp3) is 0.278. The Hall–Kier alpha value is -1.40. The maximum Gasteiger partial charge on any atom is 0.308 e. The van der Waals surface area contributed by atoms with Crippen LogP contribution < -0.4 is 0 Å². The molecule has 0 radical (unpaired) electrons. The monoisotopic (exact) mass is 407 g/mol. The molecular weight excluding hydrogens is 389 g/mol. The number of carbonyl (C=O) groups is 1. The van der Waals surface area contributed by atoms with Crippen molar-refractivity contribution in [3.05, 3.63) is 69.3 Å². The van der Waals surface area contributed by atoms with E-state index < -0.39 is 5.97 Å². The van der Waals surface area contributed by atoms with E-state index in [4.69, 9.17) is 0 Å². The molecule has 2 aromatic rings. The molecule has 114 valence electrons. The van der Waals surface area contributed by atoms with Crippen molar-refractivity contribution in [2.24, 2.45) is 5.92 Å². The first kappa shape index (κ1) is 15.5. The Morgan fingerprint density at radius 3 is 2.59 bits per heavy atom. The molecule has 0 spiro atoms. The second-order valence-electron chi connectivity index (χ2n) is 5.79. The average molecular weight is 407 g/mol. The van der Waals surface area contributed by atoms with Crippen molar-refractivity contribution < 1.29 is 9.90 Å². The lowest BCUT2D eigenvalue weighted by atomic mass is 9.89. The highest BCUT2D eigenvalue weighted by Gasteiger charge is 2.38. The quantitative estimate of drug-likeness (QED) is 0.788. The third kappa shape index (κ3) is 3.50. The number of nitrogens with zero attached hydrogens (tertiary/aromatic N) is 1. The summed E-state index contributed by atoms with van der Waals surface area (Å²) in [5.41, 5.74) is 2.37. The molecule has 0 amide bonds. The largest absolute Gasteiger partial charge is 0.481 e. The van der Waals surface area contributed by atoms with Gasteiger partial charge in [-0.25, -0.2) is 0 Å². The van der Waals surface area contributed by atoms with Crippen molar-refractivity contribution in [3.8, 4) is 0 Å². The standard InChI is InChI=1S/C18H18INO2/c19-15-8-4-7-14(9-15)16-11-20(12-17(16)18(21)22)10-13-5-2-1-3-6-13/h1-9,16-17H,10-12H2,(H,21,22)/t16-,17+/m1/s1. The van der Waals surface area contributed by atoms with Crippen LogP contribution in [0.5, 0.6) is 0 Å². The minimum Gasteiger partial charge on any atom is -0.481 e. The molecule has 22 heavy (non-hydrogen) atoms. The lowest BCUT2D eigenvalue weighted by Crippen LogP contribution is -2.23. The first-order chi connectivity index (χ1) is 10.6. The maximum atomic E-state index is 11.6. The van der Waals surface area contributed by atoms with Gasteiger partial charge in [0.1, 0.15) is 0 Å². The van der Waals surface area contributed by atoms with Gasteiger partial charge in [0.2, 0.25) is 0 Å². The molecule has 1 N–H and O–H groups in total. The van der Waals surface area contributed by atoms with E-state index in [-0.39, 0.29) is 11.8 Å². The summed E-state index contributed by atoms with van der Waals surface area (Å²) in [6, 6.07) is 18.4. The molecule has 3 nitrogen and oxygen atoms in total. The molecule has 0 bridgehead atoms. The van der Waals surface area contributed by atoms with Crippen LogP contribution in [-0.4, -0.2) is 29.1 Å². The Morgan fingerprint density at radius 2 is 1.91 bits per heavy atom. The summed E-state index contributed by atoms with van der Waals surface area (Å²) < 4.78 is 1.15. The number of hydrogen-bond acceptors (Lipinski definition) is 2. The van der Waals surface area contributed by atoms with Crippen LogP contribution in [0.3, 0.4) is 0 Å². The van der Waals surface area contributed by atoms with Crippen LogP contribution in [0.2, 0.25) is 0 Å². The summed E-state index contributed by atoms with van der Waals surface area (Å²) in [5.74, 6) is -0.961. The van der Waals surface area contributed by atoms with Gasteiger partial charge in [0.15, 0.2) is 0 Å². The summed E-state index contributed by atoms with van der Waals surface area (Å²) in [7, 11) is 0. The smallest absolute Gasteiger partial charge is 0.308 e. The summed E-state index contributed by atoms with van der Waals surface area (Å²) in [6.07, 6.45) is 0. The highest BCUT2D eigenvalue weighted by atomic mass is 127. The number of aliphatic carboxylic acids is 1. The number of rotatable bonds is 4. The van der Waals surface area contributed by atoms with Crippen molar-refractivity contribution in [1.82, 2.24) is 4.90 Å². The molecule has 2 aromatic carbocycles. The predicted molar refractivity (Wildman–Crippen MR) is 94.7 cm³/mol. The van der Waals surface area contributed by atoms with Crippen LogP contribution in [0.4, 0.5) is 0 Å². The zero-order valence-electron chi connectivity index (χ0n) is 12.2. The third-order valence-electron chi connectivity index (χ3n) is 4.24. The number of carboxylic acid groups (broad SMARTS) is 1. The normalized spacial score (nSPS) is 21.9. The molecule has 0 aromatic heterocycles. The van der Waals surface area contributed by atoms with Gasteiger partial charge in [0.25, 0.3) is 0 Å². The van der Waals surface area contributed by atoms with Crippen molar-refractivity contribution in [3.63, 3.8) is 0 Å². The van der Waals surface area contributed by atoms with E-state index in [0.717, 1.165) is 22.2 Å². The molecule has 0 aliphatic carbocycles. The van der Waals surface area contributed by atoms with E-state index in [1.54, 1.807) is 0 Å². The number of hydrogen-bond donors (Lipinski definition) is 1. The van der Waals surface area contributed by atoms with Crippen LogP contribution in [0, 0.1) is 9.49 Å². The fourth-order valence-corrected chi connectivity index (χ4v) is 3.75. The van der Waals surface area contributed by atoms with Crippen LogP contribution >= 0.6 is 22.6 Å². The second kappa shape index (κ2) is 6.79. The van der Waals surface area contributed by atoms with Crippen LogP contribution in [0.25, 0.3) is 0 Å². The van der Waals surface area contributed by atoms with E-state index in [2.05, 4.69) is 51.8 Å². The van der Waals surface area contributed by atoms with Gasteiger partial charge in [0.05, 0.1) is 5.92 Å². The first-order valence-corrected chi connectivity index (χ1v) is 8.46. The summed E-state index contributed by atoms with van der Waals surface area (Å²) >= 11 is 2.28. The minimum atomic E-state index is -0.695. The van der Waals surface area contributed by atoms with Crippen molar-refractivity contribution in [2.75, 3.05) is 13.1 Å². The minimum absolute atomic E-state index is 0.0657. The number of benzene rings is 2. The van der Waals surface area contributed by atoms with E-state index in [0.29, 0.717) is 6.54 Å². The number of likely N-dealkylation sites (tertiary alicyclic amines) is 1. The molecule has 1 aliphatic heterocycles. The maximum absolute atomic E-state index is 11.6. The molecule has 0 saturated carbocycles. The molecular formula is C18H18INO2. The molecule has 1 fully saturated rings. The van der Waals surface area contributed by atoms with Crippen LogP contribution in [0.1, 0.15) is 17.0 Å². The van der Waals surface area contributed by atoms with Crippen LogP contribution in [0.15, 0.2) is 54.6 Å². The molecule has 4 heteroatoms. The molecule has 0 unspecified atom stereocenters. The summed E-state index contributed by atoms with van der Waals surface area (Å²) in [6.45, 7) is 2.22. The summed E-state index contributed by atoms with van der Waals surface area (Å²) in [4.78, 5) is 13.9. The fourth-order valence-electron chi connectivity index (χ4n) is 3.18. The van der Waals surface area contributed by atoms with Gasteiger partial charge in [-0.2, -0.15) is 0 Å². The van der Waals surface area contributed by atoms with Gasteiger partial charge >= 0.3 is 5.97 Å². The van der Waals surface area contributed by atoms with E-state index in [1.807, 2.05) is 30.3 Å². The van der Waals surface area contributed by atoms with Gasteiger partial charge in [0, 0.05) is 29.1 Å². The predicted octanol–water partition coefficient (Wildman–Crippen LogP) is 3.59. The first-order valence-electron chi connectivity index (χ1n) is 7.38. The highest BCUT2D eigenvalue weighted by Crippen LogP contribution is 2.34. The average Bonchev–Trinajstić information content (AvgIpc) is 2.92. The Kier molecular flexibility index (Phi) is 4.78. The van der Waals surface area contributed by atoms with Gasteiger partial charge in [-0.1, -0.05) is 42.5 Å². The molecule has 1 heterocycles. The lowest BCUT2D eigenvalue weighted by molar-refractivity contribution is -0.141. The van der Waals surface area contributed by atoms with Gasteiger partial charge < -0.3 is 5.11 Å². The Balaban J connectivity index is 1.79. The molecule has 2 atom stereocenters. The topological polar surface area (TPSA) is 40.5 Å². The van der Waals surface area contributed by atoms with Crippen LogP contribution in [-0.2, 0) is 11.3 Å². The second-order valence-corrected chi connectivity index (χ2v) is 7.03. The van der Waals surface area contributed by atoms with Crippen molar-refractivity contribution in [2.45, 2.75) is 12.5 Å². The zero-order valence-corrected chi connectivity index (χ0v) is 14.3. The molecule has 1 saturated heterocycles. The highest BCUT2D eigenvalue weighted by molar-refractivity contribution is 14.1. The molecule has 3 rings (SSSR count). The van der Waals surface area contributed by atoms with E-state index in [9.17, 15) is 9.90 Å². The Labute approximate surface area is 144 Å². The SMILES string of the molecule is O=C(O)[C@H]1CN(Cc2ccccc2)C[C@@H]1c1cccc(I)c1. The van der Waals surface area contributed by atoms with Gasteiger partial charge in [-0.05, 0) is 45.9 Å². The number of carboxylic acids is 1. The Bertz CT molecular complexity index is 659. The lowest BCUT2D eigenvalue weighted by Gasteiger charge is -2.16. The van der Waals surface area contributed by atoms with Gasteiger partial charge in [-0.3, -0.25) is 9.69 Å². The van der Waals surface area contributed by atoms with Crippen molar-refractivity contribution >= 4 is 28.6 Å². The van der Waals surface area contributed by atoms with E-state index >= 15 is 0 Å². The Morgan fingerprint density at radius 1 is 1.14 bits per heavy atom. The molecule has 1 aliphatic rings. The van der Waals surface area contributed by atoms with E-state index in [1.165, 1.54) is 5.56 Å².